The Kier molecular flexibility index (Phi) is 7.25. The van der Waals surface area contributed by atoms with Gasteiger partial charge in [-0.25, -0.2) is 0 Å². The first-order chi connectivity index (χ1) is 14.2. The minimum Gasteiger partial charge on any atom is -0.494 e. The van der Waals surface area contributed by atoms with E-state index in [1.807, 2.05) is 61.5 Å². The van der Waals surface area contributed by atoms with Crippen molar-refractivity contribution in [2.75, 3.05) is 19.0 Å². The number of methoxy groups -OCH3 is 1. The summed E-state index contributed by atoms with van der Waals surface area (Å²) < 4.78 is 16.6. The van der Waals surface area contributed by atoms with E-state index in [9.17, 15) is 4.79 Å². The van der Waals surface area contributed by atoms with Gasteiger partial charge < -0.3 is 19.5 Å². The predicted octanol–water partition coefficient (Wildman–Crippen LogP) is 5.06. The molecule has 3 rings (SSSR count). The molecule has 5 nitrogen and oxygen atoms in total. The Bertz CT molecular complexity index is 923. The van der Waals surface area contributed by atoms with Crippen LogP contribution in [0.3, 0.4) is 0 Å². The van der Waals surface area contributed by atoms with Crippen LogP contribution in [0.15, 0.2) is 72.8 Å². The van der Waals surface area contributed by atoms with Gasteiger partial charge >= 0.3 is 0 Å². The van der Waals surface area contributed by atoms with Crippen molar-refractivity contribution in [1.82, 2.24) is 0 Å². The van der Waals surface area contributed by atoms with Gasteiger partial charge in [0.2, 0.25) is 0 Å². The Labute approximate surface area is 171 Å². The molecule has 0 heterocycles. The van der Waals surface area contributed by atoms with E-state index < -0.39 is 0 Å². The number of carbonyl (C=O) groups is 1. The number of hydrogen-bond acceptors (Lipinski definition) is 4. The molecule has 1 amide bonds. The fourth-order valence-corrected chi connectivity index (χ4v) is 2.86. The number of benzene rings is 3. The maximum absolute atomic E-state index is 12.6. The average molecular weight is 391 g/mol. The van der Waals surface area contributed by atoms with Crippen molar-refractivity contribution in [1.29, 1.82) is 0 Å². The quantitative estimate of drug-likeness (QED) is 0.554. The normalized spacial score (nSPS) is 10.4. The lowest BCUT2D eigenvalue weighted by atomic mass is 10.1. The fourth-order valence-electron chi connectivity index (χ4n) is 2.86. The number of ether oxygens (including phenoxy) is 3. The maximum atomic E-state index is 12.6. The van der Waals surface area contributed by atoms with Gasteiger partial charge in [-0.05, 0) is 55.0 Å². The first-order valence-electron chi connectivity index (χ1n) is 9.52. The van der Waals surface area contributed by atoms with E-state index in [4.69, 9.17) is 14.2 Å². The molecule has 0 aliphatic rings. The third-order valence-corrected chi connectivity index (χ3v) is 4.28. The van der Waals surface area contributed by atoms with Gasteiger partial charge in [0.1, 0.15) is 18.1 Å². The highest BCUT2D eigenvalue weighted by atomic mass is 16.5. The minimum absolute atomic E-state index is 0.191. The van der Waals surface area contributed by atoms with E-state index in [2.05, 4.69) is 5.32 Å². The Morgan fingerprint density at radius 3 is 2.34 bits per heavy atom. The third kappa shape index (κ3) is 5.83. The predicted molar refractivity (Wildman–Crippen MR) is 113 cm³/mol. The van der Waals surface area contributed by atoms with Crippen LogP contribution in [0, 0.1) is 0 Å². The second kappa shape index (κ2) is 10.3. The van der Waals surface area contributed by atoms with Crippen LogP contribution in [0.5, 0.6) is 11.5 Å². The minimum atomic E-state index is -0.191. The summed E-state index contributed by atoms with van der Waals surface area (Å²) in [5, 5.41) is 2.90. The van der Waals surface area contributed by atoms with Crippen LogP contribution >= 0.6 is 0 Å². The van der Waals surface area contributed by atoms with Crippen molar-refractivity contribution < 1.29 is 19.0 Å². The van der Waals surface area contributed by atoms with Crippen LogP contribution in [0.2, 0.25) is 0 Å². The monoisotopic (exact) mass is 391 g/mol. The van der Waals surface area contributed by atoms with E-state index in [1.165, 1.54) is 0 Å². The molecule has 0 fully saturated rings. The summed E-state index contributed by atoms with van der Waals surface area (Å²) in [4.78, 5) is 12.6. The van der Waals surface area contributed by atoms with Gasteiger partial charge in [-0.3, -0.25) is 4.79 Å². The van der Waals surface area contributed by atoms with Gasteiger partial charge in [0.05, 0.1) is 13.2 Å². The van der Waals surface area contributed by atoms with E-state index in [0.29, 0.717) is 31.1 Å². The van der Waals surface area contributed by atoms with Crippen LogP contribution in [0.1, 0.15) is 28.4 Å². The number of hydrogen-bond donors (Lipinski definition) is 1. The van der Waals surface area contributed by atoms with Crippen molar-refractivity contribution in [2.45, 2.75) is 20.1 Å². The van der Waals surface area contributed by atoms with Gasteiger partial charge in [-0.1, -0.05) is 30.3 Å². The number of nitrogens with one attached hydrogen (secondary N) is 1. The molecule has 0 unspecified atom stereocenters. The molecule has 0 saturated carbocycles. The molecule has 29 heavy (non-hydrogen) atoms. The topological polar surface area (TPSA) is 56.8 Å². The molecule has 0 radical (unpaired) electrons. The summed E-state index contributed by atoms with van der Waals surface area (Å²) in [7, 11) is 1.61. The van der Waals surface area contributed by atoms with Crippen LogP contribution < -0.4 is 14.8 Å². The Hall–Kier alpha value is -3.31. The molecule has 0 aromatic heterocycles. The molecule has 3 aromatic carbocycles. The Morgan fingerprint density at radius 2 is 1.66 bits per heavy atom. The zero-order chi connectivity index (χ0) is 20.5. The molecule has 5 heteroatoms. The summed E-state index contributed by atoms with van der Waals surface area (Å²) in [5.41, 5.74) is 3.19. The molecular weight excluding hydrogens is 366 g/mol. The van der Waals surface area contributed by atoms with Gasteiger partial charge in [-0.2, -0.15) is 0 Å². The summed E-state index contributed by atoms with van der Waals surface area (Å²) in [6.45, 7) is 3.36. The number of rotatable bonds is 9. The highest BCUT2D eigenvalue weighted by molar-refractivity contribution is 6.04. The zero-order valence-corrected chi connectivity index (χ0v) is 16.7. The highest BCUT2D eigenvalue weighted by Crippen LogP contribution is 2.23. The molecule has 0 aliphatic heterocycles. The van der Waals surface area contributed by atoms with Gasteiger partial charge in [0.25, 0.3) is 5.91 Å². The molecule has 0 aliphatic carbocycles. The lowest BCUT2D eigenvalue weighted by molar-refractivity contribution is 0.102. The summed E-state index contributed by atoms with van der Waals surface area (Å²) in [6, 6.07) is 22.6. The standard InChI is InChI=1S/C24H25NO4/c1-3-28-23-14-9-19(15-20(23)17-27-2)24(26)25-21-10-12-22(13-11-21)29-16-18-7-5-4-6-8-18/h4-15H,3,16-17H2,1-2H3,(H,25,26). The number of carbonyl (C=O) groups excluding carboxylic acids is 1. The number of anilines is 1. The molecule has 3 aromatic rings. The second-order valence-electron chi connectivity index (χ2n) is 6.44. The first-order valence-corrected chi connectivity index (χ1v) is 9.52. The molecule has 1 N–H and O–H groups in total. The summed E-state index contributed by atoms with van der Waals surface area (Å²) in [5.74, 6) is 1.28. The largest absolute Gasteiger partial charge is 0.494 e. The van der Waals surface area contributed by atoms with E-state index in [1.54, 1.807) is 25.3 Å². The van der Waals surface area contributed by atoms with Gasteiger partial charge in [-0.15, -0.1) is 0 Å². The average Bonchev–Trinajstić information content (AvgIpc) is 2.75. The van der Waals surface area contributed by atoms with Crippen LogP contribution in [0.4, 0.5) is 5.69 Å². The lowest BCUT2D eigenvalue weighted by Gasteiger charge is -2.12. The second-order valence-corrected chi connectivity index (χ2v) is 6.44. The highest BCUT2D eigenvalue weighted by Gasteiger charge is 2.11. The summed E-state index contributed by atoms with van der Waals surface area (Å²) >= 11 is 0. The van der Waals surface area contributed by atoms with Crippen molar-refractivity contribution >= 4 is 11.6 Å². The SMILES string of the molecule is CCOc1ccc(C(=O)Nc2ccc(OCc3ccccc3)cc2)cc1COC. The molecule has 0 atom stereocenters. The fraction of sp³-hybridized carbons (Fsp3) is 0.208. The van der Waals surface area contributed by atoms with E-state index in [0.717, 1.165) is 22.6 Å². The maximum Gasteiger partial charge on any atom is 0.255 e. The van der Waals surface area contributed by atoms with Crippen LogP contribution in [-0.4, -0.2) is 19.6 Å². The van der Waals surface area contributed by atoms with Crippen LogP contribution in [-0.2, 0) is 18.0 Å². The summed E-state index contributed by atoms with van der Waals surface area (Å²) in [6.07, 6.45) is 0. The van der Waals surface area contributed by atoms with Crippen molar-refractivity contribution in [3.8, 4) is 11.5 Å². The molecule has 0 spiro atoms. The van der Waals surface area contributed by atoms with Gasteiger partial charge in [0.15, 0.2) is 0 Å². The number of amides is 1. The van der Waals surface area contributed by atoms with Gasteiger partial charge in [0, 0.05) is 23.9 Å². The Balaban J connectivity index is 1.62. The smallest absolute Gasteiger partial charge is 0.255 e. The van der Waals surface area contributed by atoms with Crippen molar-refractivity contribution in [2.24, 2.45) is 0 Å². The van der Waals surface area contributed by atoms with E-state index >= 15 is 0 Å². The Morgan fingerprint density at radius 1 is 0.897 bits per heavy atom. The zero-order valence-electron chi connectivity index (χ0n) is 16.7. The van der Waals surface area contributed by atoms with Crippen molar-refractivity contribution in [3.05, 3.63) is 89.5 Å². The molecule has 0 saturated heterocycles. The molecule has 0 bridgehead atoms. The third-order valence-electron chi connectivity index (χ3n) is 4.28. The molecular formula is C24H25NO4. The molecule has 150 valence electrons. The first kappa shape index (κ1) is 20.4. The van der Waals surface area contributed by atoms with Crippen molar-refractivity contribution in [3.63, 3.8) is 0 Å². The lowest BCUT2D eigenvalue weighted by Crippen LogP contribution is -2.12. The van der Waals surface area contributed by atoms with E-state index in [-0.39, 0.29) is 5.91 Å². The van der Waals surface area contributed by atoms with Crippen LogP contribution in [0.25, 0.3) is 0 Å².